The summed E-state index contributed by atoms with van der Waals surface area (Å²) in [6.45, 7) is 2.77. The van der Waals surface area contributed by atoms with Gasteiger partial charge in [0.25, 0.3) is 5.91 Å². The van der Waals surface area contributed by atoms with Gasteiger partial charge in [-0.05, 0) is 36.8 Å². The summed E-state index contributed by atoms with van der Waals surface area (Å²) in [5, 5.41) is 3.53. The number of benzene rings is 1. The predicted molar refractivity (Wildman–Crippen MR) is 104 cm³/mol. The Bertz CT molecular complexity index is 893. The van der Waals surface area contributed by atoms with Crippen molar-refractivity contribution >= 4 is 11.8 Å². The zero-order chi connectivity index (χ0) is 21.9. The van der Waals surface area contributed by atoms with Gasteiger partial charge in [0, 0.05) is 52.0 Å². The Kier molecular flexibility index (Phi) is 6.45. The second-order valence-corrected chi connectivity index (χ2v) is 7.40. The Balaban J connectivity index is 1.63. The molecule has 0 bridgehead atoms. The summed E-state index contributed by atoms with van der Waals surface area (Å²) in [7, 11) is 3.43. The smallest absolute Gasteiger partial charge is 0.348 e. The first-order chi connectivity index (χ1) is 14.1. The number of carbonyl (C=O) groups excluding carboxylic acids is 2. The van der Waals surface area contributed by atoms with Crippen molar-refractivity contribution in [1.29, 1.82) is 0 Å². The first kappa shape index (κ1) is 21.8. The van der Waals surface area contributed by atoms with Gasteiger partial charge in [0.1, 0.15) is 0 Å². The van der Waals surface area contributed by atoms with Crippen LogP contribution < -0.4 is 0 Å². The van der Waals surface area contributed by atoms with E-state index in [1.807, 2.05) is 4.90 Å². The monoisotopic (exact) mass is 423 g/mol. The molecule has 1 aliphatic heterocycles. The highest BCUT2D eigenvalue weighted by Gasteiger charge is 2.33. The lowest BCUT2D eigenvalue weighted by Crippen LogP contribution is -2.39. The van der Waals surface area contributed by atoms with Gasteiger partial charge < -0.3 is 9.80 Å². The maximum atomic E-state index is 12.8. The Morgan fingerprint density at radius 1 is 1.03 bits per heavy atom. The lowest BCUT2D eigenvalue weighted by molar-refractivity contribution is -0.141. The molecule has 1 saturated heterocycles. The van der Waals surface area contributed by atoms with Crippen LogP contribution in [-0.4, -0.2) is 83.1 Å². The molecule has 3 rings (SSSR count). The lowest BCUT2D eigenvalue weighted by atomic mass is 10.1. The molecule has 0 spiro atoms. The summed E-state index contributed by atoms with van der Waals surface area (Å²) in [5.41, 5.74) is -0.0735. The number of hydrogen-bond acceptors (Lipinski definition) is 4. The third kappa shape index (κ3) is 5.18. The molecule has 10 heteroatoms. The van der Waals surface area contributed by atoms with Gasteiger partial charge in [-0.1, -0.05) is 0 Å². The molecule has 30 heavy (non-hydrogen) atoms. The minimum absolute atomic E-state index is 0.0256. The zero-order valence-corrected chi connectivity index (χ0v) is 16.9. The van der Waals surface area contributed by atoms with Crippen molar-refractivity contribution in [1.82, 2.24) is 24.5 Å². The molecule has 2 amide bonds. The van der Waals surface area contributed by atoms with E-state index in [4.69, 9.17) is 0 Å². The lowest BCUT2D eigenvalue weighted by Gasteiger charge is -2.23. The molecular formula is C20H24F3N5O2. The first-order valence-electron chi connectivity index (χ1n) is 9.60. The van der Waals surface area contributed by atoms with Crippen molar-refractivity contribution in [3.8, 4) is 5.69 Å². The fraction of sp³-hybridized carbons (Fsp3) is 0.450. The molecule has 2 heterocycles. The number of alkyl halides is 3. The van der Waals surface area contributed by atoms with E-state index in [1.165, 1.54) is 6.20 Å². The molecule has 1 aliphatic rings. The van der Waals surface area contributed by atoms with Gasteiger partial charge in [-0.2, -0.15) is 18.3 Å². The normalized spacial score (nSPS) is 15.7. The first-order valence-corrected chi connectivity index (χ1v) is 9.60. The molecule has 1 aromatic carbocycles. The van der Waals surface area contributed by atoms with Crippen LogP contribution in [0.15, 0.2) is 36.5 Å². The van der Waals surface area contributed by atoms with Crippen LogP contribution in [-0.2, 0) is 11.0 Å². The third-order valence-corrected chi connectivity index (χ3v) is 4.99. The van der Waals surface area contributed by atoms with Crippen molar-refractivity contribution < 1.29 is 22.8 Å². The van der Waals surface area contributed by atoms with Crippen LogP contribution in [0.2, 0.25) is 0 Å². The number of likely N-dealkylation sites (N-methyl/N-ethyl adjacent to an activating group) is 1. The average Bonchev–Trinajstić information content (AvgIpc) is 3.10. The highest BCUT2D eigenvalue weighted by molar-refractivity contribution is 5.94. The molecule has 2 aromatic rings. The van der Waals surface area contributed by atoms with E-state index in [-0.39, 0.29) is 11.8 Å². The molecule has 0 N–H and O–H groups in total. The largest absolute Gasteiger partial charge is 0.435 e. The van der Waals surface area contributed by atoms with Crippen LogP contribution in [0.25, 0.3) is 5.69 Å². The van der Waals surface area contributed by atoms with Gasteiger partial charge >= 0.3 is 6.18 Å². The maximum Gasteiger partial charge on any atom is 0.435 e. The van der Waals surface area contributed by atoms with Gasteiger partial charge in [-0.15, -0.1) is 0 Å². The molecule has 7 nitrogen and oxygen atoms in total. The molecule has 0 saturated carbocycles. The van der Waals surface area contributed by atoms with Crippen LogP contribution in [0.3, 0.4) is 0 Å². The highest BCUT2D eigenvalue weighted by atomic mass is 19.4. The van der Waals surface area contributed by atoms with Crippen LogP contribution >= 0.6 is 0 Å². The highest BCUT2D eigenvalue weighted by Crippen LogP contribution is 2.27. The number of halogens is 3. The maximum absolute atomic E-state index is 12.8. The van der Waals surface area contributed by atoms with Crippen molar-refractivity contribution in [3.63, 3.8) is 0 Å². The van der Waals surface area contributed by atoms with Gasteiger partial charge in [0.05, 0.1) is 12.2 Å². The van der Waals surface area contributed by atoms with E-state index in [1.54, 1.807) is 48.2 Å². The molecule has 0 unspecified atom stereocenters. The van der Waals surface area contributed by atoms with Crippen molar-refractivity contribution in [2.45, 2.75) is 12.6 Å². The van der Waals surface area contributed by atoms with Crippen LogP contribution in [0.4, 0.5) is 13.2 Å². The molecule has 0 aliphatic carbocycles. The van der Waals surface area contributed by atoms with Crippen molar-refractivity contribution in [3.05, 3.63) is 47.8 Å². The standard InChI is InChI=1S/C20H24F3N5O2/c1-25(2)18(29)14-26-9-3-10-27(13-12-26)19(30)15-4-6-16(7-5-15)28-11-8-17(24-28)20(21,22)23/h4-8,11H,3,9-10,12-14H2,1-2H3. The number of nitrogens with zero attached hydrogens (tertiary/aromatic N) is 5. The fourth-order valence-electron chi connectivity index (χ4n) is 3.22. The Labute approximate surface area is 172 Å². The number of rotatable bonds is 4. The quantitative estimate of drug-likeness (QED) is 0.756. The number of aromatic nitrogens is 2. The summed E-state index contributed by atoms with van der Waals surface area (Å²) in [5.74, 6) is -0.114. The Morgan fingerprint density at radius 3 is 2.33 bits per heavy atom. The Morgan fingerprint density at radius 2 is 1.73 bits per heavy atom. The van der Waals surface area contributed by atoms with Gasteiger partial charge in [0.2, 0.25) is 5.91 Å². The van der Waals surface area contributed by atoms with E-state index in [0.29, 0.717) is 37.4 Å². The van der Waals surface area contributed by atoms with E-state index < -0.39 is 11.9 Å². The molecule has 1 fully saturated rings. The number of amides is 2. The summed E-state index contributed by atoms with van der Waals surface area (Å²) in [6, 6.07) is 7.22. The summed E-state index contributed by atoms with van der Waals surface area (Å²) in [4.78, 5) is 30.1. The number of carbonyl (C=O) groups is 2. The molecule has 0 atom stereocenters. The average molecular weight is 423 g/mol. The second kappa shape index (κ2) is 8.86. The molecule has 0 radical (unpaired) electrons. The van der Waals surface area contributed by atoms with Gasteiger partial charge in [0.15, 0.2) is 5.69 Å². The predicted octanol–water partition coefficient (Wildman–Crippen LogP) is 2.13. The summed E-state index contributed by atoms with van der Waals surface area (Å²) in [6.07, 6.45) is -2.50. The van der Waals surface area contributed by atoms with Gasteiger partial charge in [-0.25, -0.2) is 4.68 Å². The van der Waals surface area contributed by atoms with Crippen molar-refractivity contribution in [2.24, 2.45) is 0 Å². The minimum atomic E-state index is -4.50. The van der Waals surface area contributed by atoms with E-state index >= 15 is 0 Å². The minimum Gasteiger partial charge on any atom is -0.348 e. The van der Waals surface area contributed by atoms with Crippen molar-refractivity contribution in [2.75, 3.05) is 46.8 Å². The number of hydrogen-bond donors (Lipinski definition) is 0. The summed E-state index contributed by atoms with van der Waals surface area (Å²) >= 11 is 0. The second-order valence-electron chi connectivity index (χ2n) is 7.40. The molecule has 162 valence electrons. The van der Waals surface area contributed by atoms with Crippen LogP contribution in [0.1, 0.15) is 22.5 Å². The SMILES string of the molecule is CN(C)C(=O)CN1CCCN(C(=O)c2ccc(-n3ccc(C(F)(F)F)n3)cc2)CC1. The zero-order valence-electron chi connectivity index (χ0n) is 16.9. The topological polar surface area (TPSA) is 61.7 Å². The third-order valence-electron chi connectivity index (χ3n) is 4.99. The fourth-order valence-corrected chi connectivity index (χ4v) is 3.22. The van der Waals surface area contributed by atoms with E-state index in [2.05, 4.69) is 5.10 Å². The van der Waals surface area contributed by atoms with E-state index in [9.17, 15) is 22.8 Å². The van der Waals surface area contributed by atoms with Gasteiger partial charge in [-0.3, -0.25) is 14.5 Å². The van der Waals surface area contributed by atoms with E-state index in [0.717, 1.165) is 23.7 Å². The molecule has 1 aromatic heterocycles. The molecular weight excluding hydrogens is 399 g/mol. The van der Waals surface area contributed by atoms with Crippen LogP contribution in [0, 0.1) is 0 Å². The van der Waals surface area contributed by atoms with Crippen LogP contribution in [0.5, 0.6) is 0 Å². The summed E-state index contributed by atoms with van der Waals surface area (Å²) < 4.78 is 39.3. The Hall–Kier alpha value is -2.88.